The first-order valence-electron chi connectivity index (χ1n) is 6.73. The van der Waals surface area contributed by atoms with Crippen molar-refractivity contribution in [1.29, 1.82) is 0 Å². The van der Waals surface area contributed by atoms with Gasteiger partial charge in [-0.2, -0.15) is 0 Å². The molecule has 1 amide bonds. The number of carbonyl (C=O) groups excluding carboxylic acids is 1. The van der Waals surface area contributed by atoms with E-state index in [2.05, 4.69) is 27.1 Å². The summed E-state index contributed by atoms with van der Waals surface area (Å²) in [5.74, 6) is 0.760. The molecular weight excluding hydrogens is 244 g/mol. The monoisotopic (exact) mass is 262 g/mol. The van der Waals surface area contributed by atoms with E-state index in [4.69, 9.17) is 4.74 Å². The molecule has 3 rings (SSSR count). The number of carbonyl (C=O) groups is 1. The van der Waals surface area contributed by atoms with Crippen LogP contribution in [0, 0.1) is 0 Å². The highest BCUT2D eigenvalue weighted by molar-refractivity contribution is 5.79. The summed E-state index contributed by atoms with van der Waals surface area (Å²) in [7, 11) is 0. The van der Waals surface area contributed by atoms with Crippen LogP contribution in [0.1, 0.15) is 25.5 Å². The third-order valence-corrected chi connectivity index (χ3v) is 3.76. The van der Waals surface area contributed by atoms with Crippen LogP contribution in [0.3, 0.4) is 0 Å². The van der Waals surface area contributed by atoms with Crippen LogP contribution in [-0.2, 0) is 16.0 Å². The Labute approximate surface area is 112 Å². The Kier molecular flexibility index (Phi) is 3.10. The van der Waals surface area contributed by atoms with Gasteiger partial charge in [0.25, 0.3) is 0 Å². The highest BCUT2D eigenvalue weighted by Gasteiger charge is 2.41. The second-order valence-corrected chi connectivity index (χ2v) is 5.02. The normalized spacial score (nSPS) is 21.7. The number of hydrogen-bond donors (Lipinski definition) is 1. The maximum absolute atomic E-state index is 11.3. The quantitative estimate of drug-likeness (QED) is 0.839. The van der Waals surface area contributed by atoms with Gasteiger partial charge in [-0.25, -0.2) is 9.97 Å². The topological polar surface area (TPSA) is 67.4 Å². The maximum Gasteiger partial charge on any atom is 0.248 e. The van der Waals surface area contributed by atoms with Crippen molar-refractivity contribution in [1.82, 2.24) is 15.3 Å². The number of hydrogen-bond acceptors (Lipinski definition) is 5. The van der Waals surface area contributed by atoms with Gasteiger partial charge in [0.2, 0.25) is 11.9 Å². The van der Waals surface area contributed by atoms with E-state index >= 15 is 0 Å². The molecule has 1 spiro atoms. The minimum Gasteiger partial charge on any atom is -0.346 e. The molecule has 2 saturated heterocycles. The standard InChI is InChI=1S/C13H18N4O2/c1-2-10-3-6-14-12(15-10)17-7-4-13(5-8-17)16-11(18)9-19-13/h3,6H,2,4-5,7-9H2,1H3,(H,16,18). The summed E-state index contributed by atoms with van der Waals surface area (Å²) in [4.78, 5) is 22.3. The molecule has 6 nitrogen and oxygen atoms in total. The van der Waals surface area contributed by atoms with Crippen LogP contribution >= 0.6 is 0 Å². The Morgan fingerprint density at radius 1 is 1.47 bits per heavy atom. The fourth-order valence-corrected chi connectivity index (χ4v) is 2.60. The summed E-state index contributed by atoms with van der Waals surface area (Å²) >= 11 is 0. The molecular formula is C13H18N4O2. The number of aromatic nitrogens is 2. The summed E-state index contributed by atoms with van der Waals surface area (Å²) in [5, 5.41) is 2.94. The maximum atomic E-state index is 11.3. The predicted molar refractivity (Wildman–Crippen MR) is 69.7 cm³/mol. The SMILES string of the molecule is CCc1ccnc(N2CCC3(CC2)NC(=O)CO3)n1. The Morgan fingerprint density at radius 3 is 2.89 bits per heavy atom. The van der Waals surface area contributed by atoms with Crippen molar-refractivity contribution in [3.8, 4) is 0 Å². The van der Waals surface area contributed by atoms with Crippen molar-refractivity contribution in [2.45, 2.75) is 31.9 Å². The molecule has 2 aliphatic rings. The fourth-order valence-electron chi connectivity index (χ4n) is 2.60. The molecule has 0 unspecified atom stereocenters. The van der Waals surface area contributed by atoms with Crippen LogP contribution in [0.4, 0.5) is 5.95 Å². The largest absolute Gasteiger partial charge is 0.346 e. The van der Waals surface area contributed by atoms with Crippen molar-refractivity contribution in [3.63, 3.8) is 0 Å². The second kappa shape index (κ2) is 4.77. The minimum atomic E-state index is -0.448. The first kappa shape index (κ1) is 12.3. The lowest BCUT2D eigenvalue weighted by Gasteiger charge is -2.38. The molecule has 0 saturated carbocycles. The van der Waals surface area contributed by atoms with E-state index in [-0.39, 0.29) is 12.5 Å². The van der Waals surface area contributed by atoms with Crippen LogP contribution in [0.15, 0.2) is 12.3 Å². The number of aryl methyl sites for hydroxylation is 1. The number of nitrogens with zero attached hydrogens (tertiary/aromatic N) is 3. The molecule has 0 aliphatic carbocycles. The number of amides is 1. The van der Waals surface area contributed by atoms with Crippen LogP contribution in [-0.4, -0.2) is 41.3 Å². The summed E-state index contributed by atoms with van der Waals surface area (Å²) < 4.78 is 5.59. The zero-order chi connectivity index (χ0) is 13.3. The molecule has 1 N–H and O–H groups in total. The molecule has 0 bridgehead atoms. The molecule has 19 heavy (non-hydrogen) atoms. The molecule has 0 aromatic carbocycles. The molecule has 1 aromatic rings. The molecule has 2 fully saturated rings. The van der Waals surface area contributed by atoms with E-state index in [0.29, 0.717) is 0 Å². The van der Waals surface area contributed by atoms with Crippen molar-refractivity contribution in [2.75, 3.05) is 24.6 Å². The summed E-state index contributed by atoms with van der Waals surface area (Å²) in [6.45, 7) is 3.86. The number of rotatable bonds is 2. The van der Waals surface area contributed by atoms with Crippen LogP contribution in [0.5, 0.6) is 0 Å². The molecule has 0 radical (unpaired) electrons. The van der Waals surface area contributed by atoms with Crippen LogP contribution in [0.2, 0.25) is 0 Å². The molecule has 2 aliphatic heterocycles. The van der Waals surface area contributed by atoms with Gasteiger partial charge in [0.15, 0.2) is 0 Å². The Morgan fingerprint density at radius 2 is 2.26 bits per heavy atom. The van der Waals surface area contributed by atoms with E-state index in [1.54, 1.807) is 6.20 Å². The van der Waals surface area contributed by atoms with E-state index in [0.717, 1.165) is 44.0 Å². The Hall–Kier alpha value is -1.69. The van der Waals surface area contributed by atoms with E-state index < -0.39 is 5.72 Å². The summed E-state index contributed by atoms with van der Waals surface area (Å²) in [5.41, 5.74) is 0.603. The second-order valence-electron chi connectivity index (χ2n) is 5.02. The lowest BCUT2D eigenvalue weighted by atomic mass is 10.0. The molecule has 6 heteroatoms. The minimum absolute atomic E-state index is 0.0160. The van der Waals surface area contributed by atoms with Crippen molar-refractivity contribution >= 4 is 11.9 Å². The lowest BCUT2D eigenvalue weighted by Crippen LogP contribution is -2.52. The summed E-state index contributed by atoms with van der Waals surface area (Å²) in [6, 6.07) is 1.94. The van der Waals surface area contributed by atoms with E-state index in [1.807, 2.05) is 6.07 Å². The average Bonchev–Trinajstić information content (AvgIpc) is 2.81. The Bertz CT molecular complexity index is 483. The van der Waals surface area contributed by atoms with Crippen LogP contribution in [0.25, 0.3) is 0 Å². The van der Waals surface area contributed by atoms with Gasteiger partial charge in [0.1, 0.15) is 12.3 Å². The van der Waals surface area contributed by atoms with Gasteiger partial charge in [-0.3, -0.25) is 4.79 Å². The lowest BCUT2D eigenvalue weighted by molar-refractivity contribution is -0.119. The number of nitrogens with one attached hydrogen (secondary N) is 1. The number of piperidine rings is 1. The van der Waals surface area contributed by atoms with Crippen LogP contribution < -0.4 is 10.2 Å². The van der Waals surface area contributed by atoms with Gasteiger partial charge in [-0.15, -0.1) is 0 Å². The molecule has 102 valence electrons. The fraction of sp³-hybridized carbons (Fsp3) is 0.615. The van der Waals surface area contributed by atoms with E-state index in [9.17, 15) is 4.79 Å². The predicted octanol–water partition coefficient (Wildman–Crippen LogP) is 0.482. The van der Waals surface area contributed by atoms with Crippen molar-refractivity contribution in [2.24, 2.45) is 0 Å². The van der Waals surface area contributed by atoms with Gasteiger partial charge in [-0.1, -0.05) is 6.92 Å². The van der Waals surface area contributed by atoms with Crippen molar-refractivity contribution < 1.29 is 9.53 Å². The molecule has 0 atom stereocenters. The number of anilines is 1. The zero-order valence-electron chi connectivity index (χ0n) is 11.1. The summed E-state index contributed by atoms with van der Waals surface area (Å²) in [6.07, 6.45) is 4.27. The third kappa shape index (κ3) is 2.40. The smallest absolute Gasteiger partial charge is 0.248 e. The average molecular weight is 262 g/mol. The third-order valence-electron chi connectivity index (χ3n) is 3.76. The van der Waals surface area contributed by atoms with Gasteiger partial charge in [-0.05, 0) is 12.5 Å². The number of ether oxygens (including phenoxy) is 1. The highest BCUT2D eigenvalue weighted by Crippen LogP contribution is 2.28. The van der Waals surface area contributed by atoms with Gasteiger partial charge >= 0.3 is 0 Å². The zero-order valence-corrected chi connectivity index (χ0v) is 11.1. The Balaban J connectivity index is 1.68. The molecule has 1 aromatic heterocycles. The highest BCUT2D eigenvalue weighted by atomic mass is 16.5. The van der Waals surface area contributed by atoms with Gasteiger partial charge in [0, 0.05) is 37.8 Å². The van der Waals surface area contributed by atoms with Gasteiger partial charge < -0.3 is 15.0 Å². The first-order valence-corrected chi connectivity index (χ1v) is 6.73. The van der Waals surface area contributed by atoms with Crippen molar-refractivity contribution in [3.05, 3.63) is 18.0 Å². The van der Waals surface area contributed by atoms with E-state index in [1.165, 1.54) is 0 Å². The molecule has 3 heterocycles. The first-order chi connectivity index (χ1) is 9.21. The van der Waals surface area contributed by atoms with Gasteiger partial charge in [0.05, 0.1) is 0 Å².